The number of nitriles is 1. The maximum atomic E-state index is 13.9. The van der Waals surface area contributed by atoms with Crippen LogP contribution in [0.3, 0.4) is 0 Å². The molecule has 3 unspecified atom stereocenters. The first-order valence-corrected chi connectivity index (χ1v) is 24.2. The maximum Gasteiger partial charge on any atom is 0.417 e. The zero-order valence-electron chi connectivity index (χ0n) is 40.3. The Morgan fingerprint density at radius 3 is 2.15 bits per heavy atom. The van der Waals surface area contributed by atoms with Gasteiger partial charge < -0.3 is 44.5 Å². The van der Waals surface area contributed by atoms with Crippen LogP contribution in [-0.2, 0) is 46.1 Å². The molecule has 16 nitrogen and oxygen atoms in total. The topological polar surface area (TPSA) is 196 Å². The number of thiazole rings is 1. The summed E-state index contributed by atoms with van der Waals surface area (Å²) in [5.74, 6) is -1.27. The third-order valence-electron chi connectivity index (χ3n) is 11.9. The van der Waals surface area contributed by atoms with Crippen molar-refractivity contribution in [3.63, 3.8) is 0 Å². The van der Waals surface area contributed by atoms with Crippen LogP contribution in [0, 0.1) is 23.7 Å². The number of amides is 4. The standard InChI is InChI=1S/C50H58F3N7O9S2/c1-31-42(71-30-56-31)33-9-7-32(8-10-33)28-55-44(63)40-26-37(61)29-58(40)45(64)43(48(2,3)4)57-41(62)17-18-66-19-20-67-21-22-68-23-24-69-38-15-13-35(14-16-38)60-47(70)59(46(65)49(60,5)6)36-12-11-34(27-54)39(25-36)50(51,52)53/h7-16,25,30,37,40,43,61H,17-24,26,28-29H2,1-6H3,(H,55,63)(H,57,62). The summed E-state index contributed by atoms with van der Waals surface area (Å²) >= 11 is 7.16. The van der Waals surface area contributed by atoms with E-state index in [0.717, 1.165) is 38.7 Å². The molecule has 6 rings (SSSR count). The molecule has 4 amide bonds. The van der Waals surface area contributed by atoms with Gasteiger partial charge in [0.15, 0.2) is 5.11 Å². The highest BCUT2D eigenvalue weighted by Gasteiger charge is 2.51. The zero-order valence-corrected chi connectivity index (χ0v) is 42.0. The van der Waals surface area contributed by atoms with Crippen LogP contribution in [-0.4, -0.2) is 120 Å². The van der Waals surface area contributed by atoms with Crippen LogP contribution in [0.5, 0.6) is 5.75 Å². The maximum absolute atomic E-state index is 13.9. The molecule has 380 valence electrons. The van der Waals surface area contributed by atoms with Crippen molar-refractivity contribution in [2.75, 3.05) is 62.6 Å². The van der Waals surface area contributed by atoms with E-state index in [2.05, 4.69) is 15.6 Å². The normalized spacial score (nSPS) is 17.3. The van der Waals surface area contributed by atoms with Crippen LogP contribution in [0.4, 0.5) is 24.5 Å². The van der Waals surface area contributed by atoms with Gasteiger partial charge in [0.1, 0.15) is 30.0 Å². The van der Waals surface area contributed by atoms with E-state index in [1.165, 1.54) is 17.0 Å². The molecule has 0 saturated carbocycles. The van der Waals surface area contributed by atoms with Crippen LogP contribution < -0.4 is 25.2 Å². The number of aromatic nitrogens is 1. The number of carbonyl (C=O) groups is 4. The number of carbonyl (C=O) groups excluding carboxylic acids is 4. The Labute approximate surface area is 420 Å². The number of aliphatic hydroxyl groups is 1. The van der Waals surface area contributed by atoms with Crippen LogP contribution in [0.2, 0.25) is 0 Å². The summed E-state index contributed by atoms with van der Waals surface area (Å²) in [6.45, 7) is 12.4. The summed E-state index contributed by atoms with van der Waals surface area (Å²) in [5, 5.41) is 25.4. The number of hydrogen-bond acceptors (Lipinski definition) is 13. The van der Waals surface area contributed by atoms with E-state index < -0.39 is 64.2 Å². The van der Waals surface area contributed by atoms with Gasteiger partial charge in [0.2, 0.25) is 17.7 Å². The summed E-state index contributed by atoms with van der Waals surface area (Å²) < 4.78 is 63.6. The minimum atomic E-state index is -4.81. The number of rotatable bonds is 21. The van der Waals surface area contributed by atoms with Crippen molar-refractivity contribution >= 4 is 63.7 Å². The quantitative estimate of drug-likeness (QED) is 0.0601. The molecule has 3 heterocycles. The van der Waals surface area contributed by atoms with Crippen molar-refractivity contribution in [2.24, 2.45) is 5.41 Å². The fraction of sp³-hybridized carbons (Fsp3) is 0.460. The van der Waals surface area contributed by atoms with Gasteiger partial charge in [0.25, 0.3) is 5.91 Å². The Kier molecular flexibility index (Phi) is 18.0. The minimum absolute atomic E-state index is 0.0174. The van der Waals surface area contributed by atoms with E-state index >= 15 is 0 Å². The van der Waals surface area contributed by atoms with Crippen molar-refractivity contribution in [3.8, 4) is 22.3 Å². The summed E-state index contributed by atoms with van der Waals surface area (Å²) in [5.41, 5.74) is 1.41. The van der Waals surface area contributed by atoms with Gasteiger partial charge in [-0.25, -0.2) is 4.98 Å². The molecule has 0 spiro atoms. The molecule has 1 aromatic heterocycles. The number of hydrogen-bond donors (Lipinski definition) is 3. The highest BCUT2D eigenvalue weighted by molar-refractivity contribution is 7.81. The predicted molar refractivity (Wildman–Crippen MR) is 263 cm³/mol. The van der Waals surface area contributed by atoms with Crippen molar-refractivity contribution < 1.29 is 56.4 Å². The average molecular weight is 1020 g/mol. The van der Waals surface area contributed by atoms with E-state index in [9.17, 15) is 42.7 Å². The lowest BCUT2D eigenvalue weighted by Gasteiger charge is -2.35. The number of halogens is 3. The molecule has 3 aromatic carbocycles. The SMILES string of the molecule is Cc1ncsc1-c1ccc(CNC(=O)C2CC(O)CN2C(=O)C(NC(=O)CCOCCOCCOCCOc2ccc(N3C(=S)N(c4ccc(C#N)c(C(F)(F)F)c4)C(=O)C3(C)C)cc2)C(C)(C)C)cc1. The van der Waals surface area contributed by atoms with Gasteiger partial charge in [-0.1, -0.05) is 45.0 Å². The van der Waals surface area contributed by atoms with Crippen LogP contribution in [0.1, 0.15) is 69.8 Å². The molecule has 0 radical (unpaired) electrons. The zero-order chi connectivity index (χ0) is 51.7. The molecule has 21 heteroatoms. The summed E-state index contributed by atoms with van der Waals surface area (Å²) in [6.07, 6.45) is -5.63. The molecule has 0 bridgehead atoms. The van der Waals surface area contributed by atoms with Crippen molar-refractivity contribution in [3.05, 3.63) is 94.6 Å². The van der Waals surface area contributed by atoms with Crippen LogP contribution >= 0.6 is 23.6 Å². The van der Waals surface area contributed by atoms with Crippen molar-refractivity contribution in [2.45, 2.75) is 90.8 Å². The number of ether oxygens (including phenoxy) is 4. The number of thiocarbonyl (C=S) groups is 1. The molecule has 3 atom stereocenters. The number of likely N-dealkylation sites (tertiary alicyclic amines) is 1. The monoisotopic (exact) mass is 1020 g/mol. The molecule has 2 aliphatic rings. The predicted octanol–water partition coefficient (Wildman–Crippen LogP) is 6.55. The molecular formula is C50H58F3N7O9S2. The summed E-state index contributed by atoms with van der Waals surface area (Å²) in [7, 11) is 0. The van der Waals surface area contributed by atoms with Gasteiger partial charge in [-0.3, -0.25) is 24.1 Å². The van der Waals surface area contributed by atoms with Gasteiger partial charge >= 0.3 is 6.18 Å². The second-order valence-electron chi connectivity index (χ2n) is 18.5. The Balaban J connectivity index is 0.851. The average Bonchev–Trinajstić information content (AvgIpc) is 3.99. The number of β-amino-alcohol motifs (C(OH)–C–C–N with tert-alkyl or cyclic N) is 1. The van der Waals surface area contributed by atoms with Gasteiger partial charge in [-0.05, 0) is 92.0 Å². The molecular weight excluding hydrogens is 964 g/mol. The molecule has 3 N–H and O–H groups in total. The lowest BCUT2D eigenvalue weighted by molar-refractivity contribution is -0.144. The highest BCUT2D eigenvalue weighted by Crippen LogP contribution is 2.40. The first-order valence-electron chi connectivity index (χ1n) is 22.9. The lowest BCUT2D eigenvalue weighted by atomic mass is 9.85. The number of alkyl halides is 3. The number of aliphatic hydroxyl groups excluding tert-OH is 1. The van der Waals surface area contributed by atoms with Gasteiger partial charge in [-0.15, -0.1) is 11.3 Å². The van der Waals surface area contributed by atoms with E-state index in [1.807, 2.05) is 52.0 Å². The smallest absolute Gasteiger partial charge is 0.417 e. The van der Waals surface area contributed by atoms with Crippen molar-refractivity contribution in [1.82, 2.24) is 20.5 Å². The third-order valence-corrected chi connectivity index (χ3v) is 13.2. The second kappa shape index (κ2) is 23.5. The lowest BCUT2D eigenvalue weighted by Crippen LogP contribution is -2.57. The molecule has 2 saturated heterocycles. The first kappa shape index (κ1) is 54.3. The van der Waals surface area contributed by atoms with Crippen LogP contribution in [0.25, 0.3) is 10.4 Å². The van der Waals surface area contributed by atoms with Gasteiger partial charge in [0.05, 0.1) is 84.7 Å². The number of nitrogens with one attached hydrogen (secondary N) is 2. The Morgan fingerprint density at radius 1 is 0.944 bits per heavy atom. The number of nitrogens with zero attached hydrogens (tertiary/aromatic N) is 5. The minimum Gasteiger partial charge on any atom is -0.491 e. The molecule has 71 heavy (non-hydrogen) atoms. The molecule has 0 aliphatic carbocycles. The van der Waals surface area contributed by atoms with E-state index in [1.54, 1.807) is 59.9 Å². The van der Waals surface area contributed by atoms with Crippen LogP contribution in [0.15, 0.2) is 72.2 Å². The number of benzene rings is 3. The fourth-order valence-electron chi connectivity index (χ4n) is 8.09. The third kappa shape index (κ3) is 13.5. The Bertz CT molecular complexity index is 2580. The molecule has 2 fully saturated rings. The van der Waals surface area contributed by atoms with E-state index in [-0.39, 0.29) is 88.9 Å². The second-order valence-corrected chi connectivity index (χ2v) is 19.8. The summed E-state index contributed by atoms with van der Waals surface area (Å²) in [4.78, 5) is 63.2. The van der Waals surface area contributed by atoms with E-state index in [0.29, 0.717) is 11.4 Å². The number of aryl methyl sites for hydroxylation is 1. The molecule has 4 aromatic rings. The first-order chi connectivity index (χ1) is 33.6. The Morgan fingerprint density at radius 2 is 1.56 bits per heavy atom. The Hall–Kier alpha value is -6.02. The highest BCUT2D eigenvalue weighted by atomic mass is 32.1. The van der Waals surface area contributed by atoms with Gasteiger partial charge in [0, 0.05) is 31.6 Å². The van der Waals surface area contributed by atoms with Gasteiger partial charge in [-0.2, -0.15) is 18.4 Å². The fourth-order valence-corrected chi connectivity index (χ4v) is 9.42. The summed E-state index contributed by atoms with van der Waals surface area (Å²) in [6, 6.07) is 17.2. The number of anilines is 2. The largest absolute Gasteiger partial charge is 0.491 e. The molecule has 2 aliphatic heterocycles. The van der Waals surface area contributed by atoms with E-state index in [4.69, 9.17) is 31.2 Å². The van der Waals surface area contributed by atoms with Crippen molar-refractivity contribution in [1.29, 1.82) is 5.26 Å².